The summed E-state index contributed by atoms with van der Waals surface area (Å²) < 4.78 is 46.1. The number of alkyl halides is 3. The number of methoxy groups -OCH3 is 1. The summed E-state index contributed by atoms with van der Waals surface area (Å²) in [6, 6.07) is 6.49. The number of ether oxygens (including phenoxy) is 1. The van der Waals surface area contributed by atoms with E-state index in [1.54, 1.807) is 24.3 Å². The summed E-state index contributed by atoms with van der Waals surface area (Å²) in [6.45, 7) is 0. The molecule has 0 spiro atoms. The Kier molecular flexibility index (Phi) is 2.79. The second-order valence-corrected chi connectivity index (χ2v) is 3.26. The second-order valence-electron chi connectivity index (χ2n) is 3.26. The summed E-state index contributed by atoms with van der Waals surface area (Å²) in [4.78, 5) is 3.37. The lowest BCUT2D eigenvalue weighted by molar-refractivity contribution is -0.157. The maximum Gasteiger partial charge on any atom is 0.468 e. The Morgan fingerprint density at radius 3 is 2.29 bits per heavy atom. The van der Waals surface area contributed by atoms with Gasteiger partial charge in [-0.1, -0.05) is 0 Å². The van der Waals surface area contributed by atoms with Crippen LogP contribution in [-0.2, 0) is 6.18 Å². The Balaban J connectivity index is 2.30. The minimum atomic E-state index is -4.56. The third-order valence-corrected chi connectivity index (χ3v) is 2.13. The minimum Gasteiger partial charge on any atom is -0.497 e. The first-order valence-electron chi connectivity index (χ1n) is 4.68. The van der Waals surface area contributed by atoms with Gasteiger partial charge in [0, 0.05) is 5.56 Å². The van der Waals surface area contributed by atoms with Gasteiger partial charge >= 0.3 is 12.1 Å². The van der Waals surface area contributed by atoms with Gasteiger partial charge in [0.05, 0.1) is 7.11 Å². The zero-order valence-electron chi connectivity index (χ0n) is 8.78. The van der Waals surface area contributed by atoms with Crippen molar-refractivity contribution in [3.05, 3.63) is 36.4 Å². The van der Waals surface area contributed by atoms with E-state index < -0.39 is 12.1 Å². The van der Waals surface area contributed by atoms with Crippen molar-refractivity contribution in [1.29, 1.82) is 0 Å². The Bertz CT molecular complexity index is 502. The molecule has 0 aliphatic rings. The lowest BCUT2D eigenvalue weighted by Gasteiger charge is -2.00. The Labute approximate surface area is 94.8 Å². The van der Waals surface area contributed by atoms with Crippen LogP contribution in [0.15, 0.2) is 34.9 Å². The van der Waals surface area contributed by atoms with Crippen LogP contribution in [0.25, 0.3) is 11.3 Å². The van der Waals surface area contributed by atoms with Gasteiger partial charge in [-0.25, -0.2) is 4.98 Å². The van der Waals surface area contributed by atoms with Crippen LogP contribution in [0.4, 0.5) is 13.2 Å². The topological polar surface area (TPSA) is 35.3 Å². The largest absolute Gasteiger partial charge is 0.497 e. The van der Waals surface area contributed by atoms with Crippen LogP contribution in [-0.4, -0.2) is 12.1 Å². The number of hydrogen-bond acceptors (Lipinski definition) is 3. The van der Waals surface area contributed by atoms with Crippen LogP contribution in [0.1, 0.15) is 5.89 Å². The number of aromatic nitrogens is 1. The normalized spacial score (nSPS) is 11.5. The number of hydrogen-bond donors (Lipinski definition) is 0. The van der Waals surface area contributed by atoms with Crippen LogP contribution in [0.2, 0.25) is 0 Å². The summed E-state index contributed by atoms with van der Waals surface area (Å²) >= 11 is 0. The summed E-state index contributed by atoms with van der Waals surface area (Å²) in [5.74, 6) is -0.628. The molecule has 0 atom stereocenters. The first kappa shape index (κ1) is 11.5. The van der Waals surface area contributed by atoms with Gasteiger partial charge in [-0.05, 0) is 24.3 Å². The van der Waals surface area contributed by atoms with Gasteiger partial charge in [0.2, 0.25) is 0 Å². The fraction of sp³-hybridized carbons (Fsp3) is 0.182. The highest BCUT2D eigenvalue weighted by atomic mass is 19.4. The minimum absolute atomic E-state index is 0.139. The zero-order valence-corrected chi connectivity index (χ0v) is 8.78. The quantitative estimate of drug-likeness (QED) is 0.811. The monoisotopic (exact) mass is 243 g/mol. The van der Waals surface area contributed by atoms with Crippen LogP contribution in [0.5, 0.6) is 5.75 Å². The fourth-order valence-electron chi connectivity index (χ4n) is 1.30. The molecular weight excluding hydrogens is 235 g/mol. The number of benzene rings is 1. The summed E-state index contributed by atoms with van der Waals surface area (Å²) in [5.41, 5.74) is 0.671. The molecule has 0 aliphatic heterocycles. The lowest BCUT2D eigenvalue weighted by atomic mass is 10.2. The standard InChI is InChI=1S/C11H8F3NO2/c1-16-8-4-2-7(3-5-8)9-6-17-10(15-9)11(12,13)14/h2-6H,1H3. The molecule has 0 amide bonds. The third kappa shape index (κ3) is 2.41. The zero-order chi connectivity index (χ0) is 12.5. The van der Waals surface area contributed by atoms with E-state index in [1.807, 2.05) is 0 Å². The van der Waals surface area contributed by atoms with Crippen molar-refractivity contribution in [2.45, 2.75) is 6.18 Å². The van der Waals surface area contributed by atoms with Crippen molar-refractivity contribution in [2.75, 3.05) is 7.11 Å². The third-order valence-electron chi connectivity index (χ3n) is 2.13. The molecule has 1 aromatic carbocycles. The molecule has 1 aromatic heterocycles. The van der Waals surface area contributed by atoms with E-state index in [2.05, 4.69) is 9.40 Å². The predicted octanol–water partition coefficient (Wildman–Crippen LogP) is 3.37. The summed E-state index contributed by atoms with van der Waals surface area (Å²) in [7, 11) is 1.51. The first-order chi connectivity index (χ1) is 8.00. The molecule has 0 radical (unpaired) electrons. The highest BCUT2D eigenvalue weighted by molar-refractivity contribution is 5.58. The lowest BCUT2D eigenvalue weighted by Crippen LogP contribution is -2.04. The molecule has 0 saturated carbocycles. The van der Waals surface area contributed by atoms with Crippen molar-refractivity contribution < 1.29 is 22.3 Å². The van der Waals surface area contributed by atoms with Gasteiger partial charge < -0.3 is 9.15 Å². The molecule has 6 heteroatoms. The number of nitrogens with zero attached hydrogens (tertiary/aromatic N) is 1. The summed E-state index contributed by atoms with van der Waals surface area (Å²) in [5, 5.41) is 0. The number of oxazole rings is 1. The van der Waals surface area contributed by atoms with E-state index in [-0.39, 0.29) is 5.69 Å². The number of rotatable bonds is 2. The van der Waals surface area contributed by atoms with E-state index in [0.717, 1.165) is 6.26 Å². The average Bonchev–Trinajstić information content (AvgIpc) is 2.78. The molecule has 0 unspecified atom stereocenters. The van der Waals surface area contributed by atoms with Gasteiger partial charge in [-0.15, -0.1) is 0 Å². The molecule has 90 valence electrons. The van der Waals surface area contributed by atoms with Crippen molar-refractivity contribution in [2.24, 2.45) is 0 Å². The molecular formula is C11H8F3NO2. The van der Waals surface area contributed by atoms with E-state index in [1.165, 1.54) is 7.11 Å². The molecule has 1 heterocycles. The average molecular weight is 243 g/mol. The maximum atomic E-state index is 12.3. The van der Waals surface area contributed by atoms with Gasteiger partial charge in [0.1, 0.15) is 17.7 Å². The highest BCUT2D eigenvalue weighted by Crippen LogP contribution is 2.31. The molecule has 0 bridgehead atoms. The highest BCUT2D eigenvalue weighted by Gasteiger charge is 2.37. The Morgan fingerprint density at radius 1 is 1.18 bits per heavy atom. The van der Waals surface area contributed by atoms with Crippen molar-refractivity contribution >= 4 is 0 Å². The molecule has 17 heavy (non-hydrogen) atoms. The smallest absolute Gasteiger partial charge is 0.468 e. The number of halogens is 3. The fourth-order valence-corrected chi connectivity index (χ4v) is 1.30. The summed E-state index contributed by atoms with van der Waals surface area (Å²) in [6.07, 6.45) is -3.59. The molecule has 0 aliphatic carbocycles. The maximum absolute atomic E-state index is 12.3. The Morgan fingerprint density at radius 2 is 1.82 bits per heavy atom. The Hall–Kier alpha value is -1.98. The molecule has 3 nitrogen and oxygen atoms in total. The molecule has 2 rings (SSSR count). The van der Waals surface area contributed by atoms with E-state index in [9.17, 15) is 13.2 Å². The van der Waals surface area contributed by atoms with Gasteiger partial charge in [-0.3, -0.25) is 0 Å². The molecule has 0 N–H and O–H groups in total. The van der Waals surface area contributed by atoms with Crippen LogP contribution < -0.4 is 4.74 Å². The van der Waals surface area contributed by atoms with Crippen molar-refractivity contribution in [1.82, 2.24) is 4.98 Å². The van der Waals surface area contributed by atoms with Gasteiger partial charge in [0.15, 0.2) is 0 Å². The molecule has 0 saturated heterocycles. The van der Waals surface area contributed by atoms with Crippen LogP contribution >= 0.6 is 0 Å². The van der Waals surface area contributed by atoms with Crippen molar-refractivity contribution in [3.8, 4) is 17.0 Å². The molecule has 2 aromatic rings. The van der Waals surface area contributed by atoms with E-state index in [0.29, 0.717) is 11.3 Å². The second kappa shape index (κ2) is 4.12. The van der Waals surface area contributed by atoms with Gasteiger partial charge in [-0.2, -0.15) is 13.2 Å². The molecule has 0 fully saturated rings. The van der Waals surface area contributed by atoms with Gasteiger partial charge in [0.25, 0.3) is 0 Å². The SMILES string of the molecule is COc1ccc(-c2coc(C(F)(F)F)n2)cc1. The van der Waals surface area contributed by atoms with E-state index >= 15 is 0 Å². The van der Waals surface area contributed by atoms with Crippen LogP contribution in [0, 0.1) is 0 Å². The van der Waals surface area contributed by atoms with Crippen LogP contribution in [0.3, 0.4) is 0 Å². The van der Waals surface area contributed by atoms with E-state index in [4.69, 9.17) is 4.74 Å². The predicted molar refractivity (Wildman–Crippen MR) is 53.5 cm³/mol. The van der Waals surface area contributed by atoms with Crippen molar-refractivity contribution in [3.63, 3.8) is 0 Å². The first-order valence-corrected chi connectivity index (χ1v) is 4.68.